The van der Waals surface area contributed by atoms with E-state index in [2.05, 4.69) is 22.0 Å². The first-order chi connectivity index (χ1) is 8.36. The van der Waals surface area contributed by atoms with Gasteiger partial charge in [0.25, 0.3) is 0 Å². The topological polar surface area (TPSA) is 34.6 Å². The molecule has 0 aromatic carbocycles. The van der Waals surface area contributed by atoms with Crippen molar-refractivity contribution < 1.29 is 9.47 Å². The van der Waals surface area contributed by atoms with Gasteiger partial charge in [0.15, 0.2) is 5.79 Å². The lowest BCUT2D eigenvalue weighted by Crippen LogP contribution is -2.44. The van der Waals surface area contributed by atoms with Crippen molar-refractivity contribution in [1.29, 1.82) is 0 Å². The third-order valence-corrected chi connectivity index (χ3v) is 3.59. The highest BCUT2D eigenvalue weighted by molar-refractivity contribution is 5.09. The van der Waals surface area contributed by atoms with E-state index in [4.69, 9.17) is 9.47 Å². The van der Waals surface area contributed by atoms with E-state index in [0.717, 1.165) is 45.7 Å². The molecule has 0 bridgehead atoms. The second-order valence-electron chi connectivity index (χ2n) is 4.74. The number of pyridine rings is 1. The van der Waals surface area contributed by atoms with Crippen molar-refractivity contribution in [1.82, 2.24) is 9.88 Å². The lowest BCUT2D eigenvalue weighted by Gasteiger charge is -2.37. The van der Waals surface area contributed by atoms with E-state index in [9.17, 15) is 0 Å². The Kier molecular flexibility index (Phi) is 3.09. The molecule has 0 radical (unpaired) electrons. The molecule has 4 nitrogen and oxygen atoms in total. The summed E-state index contributed by atoms with van der Waals surface area (Å²) in [5.41, 5.74) is 1.32. The van der Waals surface area contributed by atoms with E-state index >= 15 is 0 Å². The van der Waals surface area contributed by atoms with Crippen LogP contribution in [-0.4, -0.2) is 42.0 Å². The van der Waals surface area contributed by atoms with Crippen molar-refractivity contribution >= 4 is 0 Å². The van der Waals surface area contributed by atoms with Crippen molar-refractivity contribution in [3.8, 4) is 0 Å². The van der Waals surface area contributed by atoms with Crippen LogP contribution in [0.5, 0.6) is 0 Å². The Morgan fingerprint density at radius 1 is 1.12 bits per heavy atom. The Morgan fingerprint density at radius 2 is 1.76 bits per heavy atom. The summed E-state index contributed by atoms with van der Waals surface area (Å²) in [6, 6.07) is 4.15. The lowest BCUT2D eigenvalue weighted by atomic mass is 10.0. The molecule has 92 valence electrons. The molecule has 1 aromatic rings. The minimum Gasteiger partial charge on any atom is -0.347 e. The molecular formula is C13H18N2O2. The molecule has 0 aliphatic carbocycles. The molecule has 2 fully saturated rings. The molecule has 3 rings (SSSR count). The molecule has 2 saturated heterocycles. The predicted molar refractivity (Wildman–Crippen MR) is 63.4 cm³/mol. The third kappa shape index (κ3) is 2.49. The zero-order chi connectivity index (χ0) is 11.6. The highest BCUT2D eigenvalue weighted by atomic mass is 16.7. The maximum atomic E-state index is 5.72. The van der Waals surface area contributed by atoms with Crippen LogP contribution in [0.4, 0.5) is 0 Å². The van der Waals surface area contributed by atoms with Gasteiger partial charge in [-0.05, 0) is 17.7 Å². The number of hydrogen-bond donors (Lipinski definition) is 0. The number of hydrogen-bond acceptors (Lipinski definition) is 4. The van der Waals surface area contributed by atoms with Gasteiger partial charge in [-0.3, -0.25) is 9.88 Å². The Bertz CT molecular complexity index is 353. The fourth-order valence-electron chi connectivity index (χ4n) is 2.58. The number of likely N-dealkylation sites (tertiary alicyclic amines) is 1. The van der Waals surface area contributed by atoms with Gasteiger partial charge in [-0.25, -0.2) is 0 Å². The molecule has 1 spiro atoms. The summed E-state index contributed by atoms with van der Waals surface area (Å²) in [5.74, 6) is -0.255. The normalized spacial score (nSPS) is 24.2. The maximum absolute atomic E-state index is 5.72. The number of rotatable bonds is 2. The lowest BCUT2D eigenvalue weighted by molar-refractivity contribution is -0.185. The summed E-state index contributed by atoms with van der Waals surface area (Å²) >= 11 is 0. The van der Waals surface area contributed by atoms with E-state index in [-0.39, 0.29) is 5.79 Å². The molecule has 0 saturated carbocycles. The molecule has 2 aliphatic heterocycles. The van der Waals surface area contributed by atoms with Crippen LogP contribution in [0.1, 0.15) is 18.4 Å². The molecule has 1 aromatic heterocycles. The summed E-state index contributed by atoms with van der Waals surface area (Å²) in [4.78, 5) is 6.49. The number of ether oxygens (including phenoxy) is 2. The van der Waals surface area contributed by atoms with Gasteiger partial charge >= 0.3 is 0 Å². The van der Waals surface area contributed by atoms with Crippen molar-refractivity contribution in [2.24, 2.45) is 0 Å². The average Bonchev–Trinajstić information content (AvgIpc) is 2.83. The van der Waals surface area contributed by atoms with E-state index in [1.807, 2.05) is 12.4 Å². The zero-order valence-corrected chi connectivity index (χ0v) is 9.97. The Morgan fingerprint density at radius 3 is 2.41 bits per heavy atom. The highest BCUT2D eigenvalue weighted by Gasteiger charge is 2.39. The number of nitrogens with zero attached hydrogens (tertiary/aromatic N) is 2. The molecule has 4 heteroatoms. The van der Waals surface area contributed by atoms with Gasteiger partial charge in [-0.1, -0.05) is 0 Å². The Balaban J connectivity index is 1.55. The number of piperidine rings is 1. The molecule has 0 atom stereocenters. The molecule has 0 amide bonds. The van der Waals surface area contributed by atoms with Crippen molar-refractivity contribution in [3.05, 3.63) is 30.1 Å². The van der Waals surface area contributed by atoms with Crippen LogP contribution in [0.2, 0.25) is 0 Å². The molecule has 3 heterocycles. The second kappa shape index (κ2) is 4.72. The Labute approximate surface area is 102 Å². The molecule has 0 N–H and O–H groups in total. The van der Waals surface area contributed by atoms with Gasteiger partial charge in [-0.2, -0.15) is 0 Å². The predicted octanol–water partition coefficient (Wildman–Crippen LogP) is 1.42. The van der Waals surface area contributed by atoms with Gasteiger partial charge < -0.3 is 9.47 Å². The quantitative estimate of drug-likeness (QED) is 0.775. The first-order valence-corrected chi connectivity index (χ1v) is 6.26. The van der Waals surface area contributed by atoms with E-state index < -0.39 is 0 Å². The van der Waals surface area contributed by atoms with Gasteiger partial charge in [0.05, 0.1) is 13.2 Å². The number of aromatic nitrogens is 1. The molecule has 2 aliphatic rings. The molecular weight excluding hydrogens is 216 g/mol. The van der Waals surface area contributed by atoms with Crippen LogP contribution in [0.15, 0.2) is 24.5 Å². The van der Waals surface area contributed by atoms with Crippen molar-refractivity contribution in [2.75, 3.05) is 26.3 Å². The van der Waals surface area contributed by atoms with Gasteiger partial charge in [-0.15, -0.1) is 0 Å². The first kappa shape index (κ1) is 11.1. The van der Waals surface area contributed by atoms with Crippen molar-refractivity contribution in [2.45, 2.75) is 25.2 Å². The first-order valence-electron chi connectivity index (χ1n) is 6.26. The summed E-state index contributed by atoms with van der Waals surface area (Å²) in [5, 5.41) is 0. The minimum absolute atomic E-state index is 0.255. The third-order valence-electron chi connectivity index (χ3n) is 3.59. The molecule has 0 unspecified atom stereocenters. The van der Waals surface area contributed by atoms with E-state index in [1.54, 1.807) is 0 Å². The standard InChI is InChI=1S/C13H18N2O2/c1-5-14-6-2-12(1)11-15-7-3-13(4-8-15)16-9-10-17-13/h1-2,5-6H,3-4,7-11H2. The van der Waals surface area contributed by atoms with E-state index in [0.29, 0.717) is 0 Å². The van der Waals surface area contributed by atoms with Gasteiger partial charge in [0.1, 0.15) is 0 Å². The van der Waals surface area contributed by atoms with Crippen LogP contribution in [0.25, 0.3) is 0 Å². The largest absolute Gasteiger partial charge is 0.347 e. The zero-order valence-electron chi connectivity index (χ0n) is 9.97. The maximum Gasteiger partial charge on any atom is 0.170 e. The van der Waals surface area contributed by atoms with Crippen LogP contribution in [0, 0.1) is 0 Å². The van der Waals surface area contributed by atoms with Crippen LogP contribution in [0.3, 0.4) is 0 Å². The fourth-order valence-corrected chi connectivity index (χ4v) is 2.58. The summed E-state index contributed by atoms with van der Waals surface area (Å²) in [6.07, 6.45) is 5.67. The van der Waals surface area contributed by atoms with E-state index in [1.165, 1.54) is 5.56 Å². The highest BCUT2D eigenvalue weighted by Crippen LogP contribution is 2.31. The fraction of sp³-hybridized carbons (Fsp3) is 0.615. The smallest absolute Gasteiger partial charge is 0.170 e. The average molecular weight is 234 g/mol. The van der Waals surface area contributed by atoms with Crippen LogP contribution >= 0.6 is 0 Å². The Hall–Kier alpha value is -0.970. The minimum atomic E-state index is -0.255. The second-order valence-corrected chi connectivity index (χ2v) is 4.74. The summed E-state index contributed by atoms with van der Waals surface area (Å²) < 4.78 is 11.4. The van der Waals surface area contributed by atoms with Gasteiger partial charge in [0.2, 0.25) is 0 Å². The SMILES string of the molecule is c1cc(CN2CCC3(CC2)OCCO3)ccn1. The van der Waals surface area contributed by atoms with Crippen molar-refractivity contribution in [3.63, 3.8) is 0 Å². The summed E-state index contributed by atoms with van der Waals surface area (Å²) in [6.45, 7) is 4.60. The van der Waals surface area contributed by atoms with Gasteiger partial charge in [0, 0.05) is 44.9 Å². The summed E-state index contributed by atoms with van der Waals surface area (Å²) in [7, 11) is 0. The molecule has 17 heavy (non-hydrogen) atoms. The monoisotopic (exact) mass is 234 g/mol. The van der Waals surface area contributed by atoms with Crippen LogP contribution in [-0.2, 0) is 16.0 Å². The van der Waals surface area contributed by atoms with Crippen LogP contribution < -0.4 is 0 Å².